The van der Waals surface area contributed by atoms with Crippen LogP contribution >= 0.6 is 0 Å². The van der Waals surface area contributed by atoms with Crippen LogP contribution in [0.2, 0.25) is 0 Å². The molecule has 0 heterocycles. The van der Waals surface area contributed by atoms with Crippen molar-refractivity contribution >= 4 is 23.6 Å². The van der Waals surface area contributed by atoms with Gasteiger partial charge in [0.15, 0.2) is 0 Å². The maximum Gasteiger partial charge on any atom is 0.251 e. The zero-order valence-electron chi connectivity index (χ0n) is 13.7. The molecule has 0 unspecified atom stereocenters. The van der Waals surface area contributed by atoms with Crippen molar-refractivity contribution in [1.82, 2.24) is 5.32 Å². The van der Waals surface area contributed by atoms with Crippen LogP contribution in [0, 0.1) is 0 Å². The van der Waals surface area contributed by atoms with Crippen molar-refractivity contribution in [3.05, 3.63) is 65.7 Å². The Labute approximate surface area is 141 Å². The summed E-state index contributed by atoms with van der Waals surface area (Å²) in [6.45, 7) is 2.44. The Morgan fingerprint density at radius 1 is 1.08 bits per heavy atom. The van der Waals surface area contributed by atoms with Crippen LogP contribution in [0.5, 0.6) is 5.75 Å². The van der Waals surface area contributed by atoms with Crippen LogP contribution in [-0.4, -0.2) is 25.5 Å². The van der Waals surface area contributed by atoms with E-state index < -0.39 is 0 Å². The third kappa shape index (κ3) is 4.71. The molecular weight excluding hydrogens is 304 g/mol. The minimum Gasteiger partial charge on any atom is -0.496 e. The number of hydrogen-bond acceptors (Lipinski definition) is 3. The summed E-state index contributed by atoms with van der Waals surface area (Å²) in [5.41, 5.74) is 2.00. The molecule has 2 rings (SSSR count). The Hall–Kier alpha value is -3.08. The van der Waals surface area contributed by atoms with Gasteiger partial charge in [-0.3, -0.25) is 9.59 Å². The lowest BCUT2D eigenvalue weighted by Gasteiger charge is -2.05. The standard InChI is InChI=1S/C19H20N2O3/c1-3-20-19(23)15-8-11-16(12-9-15)21-18(22)13-10-14-6-4-5-7-17(14)24-2/h4-13H,3H2,1-2H3,(H,20,23)(H,21,22)/b13-10+. The number of carbonyl (C=O) groups excluding carboxylic acids is 2. The van der Waals surface area contributed by atoms with E-state index in [1.807, 2.05) is 31.2 Å². The summed E-state index contributed by atoms with van der Waals surface area (Å²) in [5.74, 6) is 0.311. The minimum atomic E-state index is -0.258. The molecule has 0 radical (unpaired) electrons. The van der Waals surface area contributed by atoms with Crippen molar-refractivity contribution in [1.29, 1.82) is 0 Å². The molecule has 2 N–H and O–H groups in total. The Balaban J connectivity index is 1.99. The first-order chi connectivity index (χ1) is 11.6. The smallest absolute Gasteiger partial charge is 0.251 e. The second-order valence-corrected chi connectivity index (χ2v) is 5.00. The number of para-hydroxylation sites is 1. The van der Waals surface area contributed by atoms with Gasteiger partial charge in [-0.25, -0.2) is 0 Å². The topological polar surface area (TPSA) is 67.4 Å². The van der Waals surface area contributed by atoms with Crippen molar-refractivity contribution < 1.29 is 14.3 Å². The Kier molecular flexibility index (Phi) is 6.14. The van der Waals surface area contributed by atoms with Crippen molar-refractivity contribution in [3.63, 3.8) is 0 Å². The van der Waals surface area contributed by atoms with Gasteiger partial charge in [-0.05, 0) is 43.3 Å². The van der Waals surface area contributed by atoms with Gasteiger partial charge in [-0.15, -0.1) is 0 Å². The molecule has 2 aromatic carbocycles. The van der Waals surface area contributed by atoms with Crippen LogP contribution in [0.25, 0.3) is 6.08 Å². The summed E-state index contributed by atoms with van der Waals surface area (Å²) < 4.78 is 5.23. The van der Waals surface area contributed by atoms with E-state index in [-0.39, 0.29) is 11.8 Å². The first-order valence-electron chi connectivity index (χ1n) is 7.64. The van der Waals surface area contributed by atoms with Gasteiger partial charge < -0.3 is 15.4 Å². The van der Waals surface area contributed by atoms with Crippen molar-refractivity contribution in [2.24, 2.45) is 0 Å². The summed E-state index contributed by atoms with van der Waals surface area (Å²) in [6, 6.07) is 14.2. The lowest BCUT2D eigenvalue weighted by molar-refractivity contribution is -0.111. The second-order valence-electron chi connectivity index (χ2n) is 5.00. The molecule has 5 nitrogen and oxygen atoms in total. The van der Waals surface area contributed by atoms with Crippen LogP contribution in [0.3, 0.4) is 0 Å². The van der Waals surface area contributed by atoms with E-state index in [2.05, 4.69) is 10.6 Å². The van der Waals surface area contributed by atoms with Gasteiger partial charge in [0.1, 0.15) is 5.75 Å². The molecule has 24 heavy (non-hydrogen) atoms. The summed E-state index contributed by atoms with van der Waals surface area (Å²) in [7, 11) is 1.59. The van der Waals surface area contributed by atoms with Crippen LogP contribution in [-0.2, 0) is 4.79 Å². The predicted molar refractivity (Wildman–Crippen MR) is 95.1 cm³/mol. The molecule has 0 aromatic heterocycles. The molecule has 0 saturated carbocycles. The molecule has 0 bridgehead atoms. The molecular formula is C19H20N2O3. The quantitative estimate of drug-likeness (QED) is 0.802. The number of amides is 2. The van der Waals surface area contributed by atoms with Gasteiger partial charge in [0.2, 0.25) is 5.91 Å². The monoisotopic (exact) mass is 324 g/mol. The summed E-state index contributed by atoms with van der Waals surface area (Å²) in [5, 5.41) is 5.47. The highest BCUT2D eigenvalue weighted by atomic mass is 16.5. The van der Waals surface area contributed by atoms with Crippen LogP contribution in [0.4, 0.5) is 5.69 Å². The second kappa shape index (κ2) is 8.53. The average Bonchev–Trinajstić information content (AvgIpc) is 2.61. The Bertz CT molecular complexity index is 737. The van der Waals surface area contributed by atoms with Crippen LogP contribution in [0.15, 0.2) is 54.6 Å². The van der Waals surface area contributed by atoms with Crippen molar-refractivity contribution in [2.75, 3.05) is 19.0 Å². The SMILES string of the molecule is CCNC(=O)c1ccc(NC(=O)/C=C/c2ccccc2OC)cc1. The number of methoxy groups -OCH3 is 1. The maximum atomic E-state index is 12.0. The predicted octanol–water partition coefficient (Wildman–Crippen LogP) is 3.10. The molecule has 0 saturated heterocycles. The van der Waals surface area contributed by atoms with Crippen molar-refractivity contribution in [3.8, 4) is 5.75 Å². The fourth-order valence-corrected chi connectivity index (χ4v) is 2.12. The molecule has 0 aliphatic heterocycles. The maximum absolute atomic E-state index is 12.0. The summed E-state index contributed by atoms with van der Waals surface area (Å²) in [6.07, 6.45) is 3.13. The number of ether oxygens (including phenoxy) is 1. The van der Waals surface area contributed by atoms with E-state index in [0.717, 1.165) is 5.56 Å². The van der Waals surface area contributed by atoms with E-state index in [4.69, 9.17) is 4.74 Å². The van der Waals surface area contributed by atoms with Gasteiger partial charge in [-0.1, -0.05) is 18.2 Å². The third-order valence-electron chi connectivity index (χ3n) is 3.31. The van der Waals surface area contributed by atoms with Gasteiger partial charge in [0, 0.05) is 29.4 Å². The zero-order chi connectivity index (χ0) is 17.4. The normalized spacial score (nSPS) is 10.4. The first-order valence-corrected chi connectivity index (χ1v) is 7.64. The molecule has 5 heteroatoms. The molecule has 2 aromatic rings. The highest BCUT2D eigenvalue weighted by Gasteiger charge is 2.04. The molecule has 2 amide bonds. The number of anilines is 1. The average molecular weight is 324 g/mol. The van der Waals surface area contributed by atoms with Crippen molar-refractivity contribution in [2.45, 2.75) is 6.92 Å². The highest BCUT2D eigenvalue weighted by Crippen LogP contribution is 2.18. The lowest BCUT2D eigenvalue weighted by atomic mass is 10.2. The molecule has 124 valence electrons. The third-order valence-corrected chi connectivity index (χ3v) is 3.31. The van der Waals surface area contributed by atoms with E-state index in [9.17, 15) is 9.59 Å². The largest absolute Gasteiger partial charge is 0.496 e. The molecule has 0 spiro atoms. The number of nitrogens with one attached hydrogen (secondary N) is 2. The fourth-order valence-electron chi connectivity index (χ4n) is 2.12. The molecule has 0 aliphatic carbocycles. The number of carbonyl (C=O) groups is 2. The summed E-state index contributed by atoms with van der Waals surface area (Å²) >= 11 is 0. The molecule has 0 aliphatic rings. The van der Waals surface area contributed by atoms with Crippen LogP contribution in [0.1, 0.15) is 22.8 Å². The van der Waals surface area contributed by atoms with E-state index in [0.29, 0.717) is 23.5 Å². The number of benzene rings is 2. The van der Waals surface area contributed by atoms with Gasteiger partial charge in [0.25, 0.3) is 5.91 Å². The zero-order valence-corrected chi connectivity index (χ0v) is 13.7. The van der Waals surface area contributed by atoms with E-state index in [1.165, 1.54) is 6.08 Å². The van der Waals surface area contributed by atoms with E-state index in [1.54, 1.807) is 37.5 Å². The number of rotatable bonds is 6. The van der Waals surface area contributed by atoms with E-state index >= 15 is 0 Å². The Morgan fingerprint density at radius 2 is 1.79 bits per heavy atom. The first kappa shape index (κ1) is 17.3. The van der Waals surface area contributed by atoms with Gasteiger partial charge in [0.05, 0.1) is 7.11 Å². The number of hydrogen-bond donors (Lipinski definition) is 2. The Morgan fingerprint density at radius 3 is 2.46 bits per heavy atom. The highest BCUT2D eigenvalue weighted by molar-refractivity contribution is 6.02. The fraction of sp³-hybridized carbons (Fsp3) is 0.158. The van der Waals surface area contributed by atoms with Crippen LogP contribution < -0.4 is 15.4 Å². The molecule has 0 fully saturated rings. The minimum absolute atomic E-state index is 0.133. The summed E-state index contributed by atoms with van der Waals surface area (Å²) in [4.78, 5) is 23.7. The molecule has 0 atom stereocenters. The van der Waals surface area contributed by atoms with Gasteiger partial charge in [-0.2, -0.15) is 0 Å². The lowest BCUT2D eigenvalue weighted by Crippen LogP contribution is -2.22. The van der Waals surface area contributed by atoms with Gasteiger partial charge >= 0.3 is 0 Å².